The predicted molar refractivity (Wildman–Crippen MR) is 78.2 cm³/mol. The molecule has 2 heterocycles. The molecule has 1 saturated heterocycles. The summed E-state index contributed by atoms with van der Waals surface area (Å²) >= 11 is 0. The van der Waals surface area contributed by atoms with Crippen LogP contribution in [0.25, 0.3) is 10.9 Å². The van der Waals surface area contributed by atoms with Gasteiger partial charge in [0.25, 0.3) is 0 Å². The summed E-state index contributed by atoms with van der Waals surface area (Å²) in [5.74, 6) is 0.458. The molecule has 100 valence electrons. The van der Waals surface area contributed by atoms with Crippen LogP contribution in [0.4, 0.5) is 11.4 Å². The Hall–Kier alpha value is -1.81. The van der Waals surface area contributed by atoms with E-state index >= 15 is 0 Å². The number of benzene rings is 1. The number of nitrogens with zero attached hydrogens (tertiary/aromatic N) is 2. The first-order valence-electron chi connectivity index (χ1n) is 6.78. The van der Waals surface area contributed by atoms with Crippen LogP contribution in [0.2, 0.25) is 0 Å². The Morgan fingerprint density at radius 1 is 1.26 bits per heavy atom. The third-order valence-corrected chi connectivity index (χ3v) is 3.96. The Balaban J connectivity index is 1.93. The molecule has 0 amide bonds. The lowest BCUT2D eigenvalue weighted by Gasteiger charge is -2.33. The van der Waals surface area contributed by atoms with Gasteiger partial charge in [0.2, 0.25) is 0 Å². The van der Waals surface area contributed by atoms with Gasteiger partial charge in [-0.15, -0.1) is 0 Å². The molecule has 0 bridgehead atoms. The van der Waals surface area contributed by atoms with Crippen LogP contribution in [-0.2, 0) is 0 Å². The monoisotopic (exact) mass is 257 g/mol. The van der Waals surface area contributed by atoms with Crippen LogP contribution in [0.15, 0.2) is 30.5 Å². The molecular weight excluding hydrogens is 238 g/mol. The van der Waals surface area contributed by atoms with Crippen LogP contribution in [0, 0.1) is 5.92 Å². The van der Waals surface area contributed by atoms with Crippen LogP contribution in [-0.4, -0.2) is 29.8 Å². The zero-order chi connectivity index (χ0) is 13.2. The van der Waals surface area contributed by atoms with Crippen molar-refractivity contribution in [2.24, 2.45) is 5.92 Å². The molecule has 1 aromatic carbocycles. The predicted octanol–water partition coefficient (Wildman–Crippen LogP) is 2.03. The molecule has 2 aromatic rings. The summed E-state index contributed by atoms with van der Waals surface area (Å²) in [5, 5.41) is 10.4. The van der Waals surface area contributed by atoms with Crippen molar-refractivity contribution in [2.45, 2.75) is 12.8 Å². The summed E-state index contributed by atoms with van der Waals surface area (Å²) in [6.07, 6.45) is 3.94. The maximum absolute atomic E-state index is 9.21. The largest absolute Gasteiger partial charge is 0.399 e. The molecule has 4 heteroatoms. The molecule has 3 rings (SSSR count). The van der Waals surface area contributed by atoms with E-state index in [9.17, 15) is 5.11 Å². The summed E-state index contributed by atoms with van der Waals surface area (Å²) in [6.45, 7) is 2.30. The molecule has 3 N–H and O–H groups in total. The highest BCUT2D eigenvalue weighted by atomic mass is 16.3. The van der Waals surface area contributed by atoms with E-state index in [0.717, 1.165) is 42.5 Å². The molecule has 0 atom stereocenters. The number of hydrogen-bond donors (Lipinski definition) is 2. The fraction of sp³-hybridized carbons (Fsp3) is 0.400. The molecule has 19 heavy (non-hydrogen) atoms. The lowest BCUT2D eigenvalue weighted by atomic mass is 9.97. The lowest BCUT2D eigenvalue weighted by Crippen LogP contribution is -2.34. The summed E-state index contributed by atoms with van der Waals surface area (Å²) in [5.41, 5.74) is 8.72. The maximum Gasteiger partial charge on any atom is 0.0743 e. The first-order valence-corrected chi connectivity index (χ1v) is 6.78. The highest BCUT2D eigenvalue weighted by Gasteiger charge is 2.20. The first kappa shape index (κ1) is 12.2. The minimum atomic E-state index is 0.307. The summed E-state index contributed by atoms with van der Waals surface area (Å²) in [4.78, 5) is 6.76. The van der Waals surface area contributed by atoms with Gasteiger partial charge in [0, 0.05) is 42.7 Å². The van der Waals surface area contributed by atoms with Gasteiger partial charge in [0.15, 0.2) is 0 Å². The second-order valence-electron chi connectivity index (χ2n) is 5.22. The fourth-order valence-electron chi connectivity index (χ4n) is 2.78. The Kier molecular flexibility index (Phi) is 3.25. The number of aromatic nitrogens is 1. The smallest absolute Gasteiger partial charge is 0.0743 e. The average Bonchev–Trinajstić information content (AvgIpc) is 2.46. The normalized spacial score (nSPS) is 17.0. The molecule has 0 unspecified atom stereocenters. The average molecular weight is 257 g/mol. The number of nitrogens with two attached hydrogens (primary N) is 1. The van der Waals surface area contributed by atoms with Crippen molar-refractivity contribution in [2.75, 3.05) is 30.3 Å². The van der Waals surface area contributed by atoms with Crippen molar-refractivity contribution in [1.82, 2.24) is 4.98 Å². The minimum Gasteiger partial charge on any atom is -0.399 e. The van der Waals surface area contributed by atoms with E-state index < -0.39 is 0 Å². The van der Waals surface area contributed by atoms with Crippen molar-refractivity contribution < 1.29 is 5.11 Å². The van der Waals surface area contributed by atoms with E-state index in [1.165, 1.54) is 5.69 Å². The Labute approximate surface area is 112 Å². The maximum atomic E-state index is 9.21. The standard InChI is InChI=1S/C15H19N3O/c16-12-1-2-13-14(9-12)17-6-3-15(13)18-7-4-11(10-19)5-8-18/h1-3,6,9,11,19H,4-5,7-8,10,16H2. The van der Waals surface area contributed by atoms with E-state index in [4.69, 9.17) is 5.73 Å². The minimum absolute atomic E-state index is 0.307. The van der Waals surface area contributed by atoms with Gasteiger partial charge < -0.3 is 15.7 Å². The highest BCUT2D eigenvalue weighted by molar-refractivity contribution is 5.93. The van der Waals surface area contributed by atoms with Gasteiger partial charge in [-0.25, -0.2) is 0 Å². The molecule has 1 aliphatic rings. The van der Waals surface area contributed by atoms with E-state index in [0.29, 0.717) is 12.5 Å². The SMILES string of the molecule is Nc1ccc2c(N3CCC(CO)CC3)ccnc2c1. The van der Waals surface area contributed by atoms with Gasteiger partial charge in [-0.3, -0.25) is 4.98 Å². The van der Waals surface area contributed by atoms with Crippen molar-refractivity contribution in [3.8, 4) is 0 Å². The lowest BCUT2D eigenvalue weighted by molar-refractivity contribution is 0.203. The van der Waals surface area contributed by atoms with E-state index in [1.54, 1.807) is 0 Å². The molecule has 0 spiro atoms. The van der Waals surface area contributed by atoms with Crippen LogP contribution in [0.3, 0.4) is 0 Å². The molecular formula is C15H19N3O. The Morgan fingerprint density at radius 2 is 2.05 bits per heavy atom. The van der Waals surface area contributed by atoms with Crippen molar-refractivity contribution >= 4 is 22.3 Å². The third-order valence-electron chi connectivity index (χ3n) is 3.96. The number of hydrogen-bond acceptors (Lipinski definition) is 4. The number of pyridine rings is 1. The molecule has 1 aliphatic heterocycles. The zero-order valence-corrected chi connectivity index (χ0v) is 10.9. The summed E-state index contributed by atoms with van der Waals surface area (Å²) in [6, 6.07) is 7.95. The number of nitrogen functional groups attached to an aromatic ring is 1. The topological polar surface area (TPSA) is 62.4 Å². The first-order chi connectivity index (χ1) is 9.28. The molecule has 0 radical (unpaired) electrons. The van der Waals surface area contributed by atoms with Gasteiger partial charge in [-0.2, -0.15) is 0 Å². The van der Waals surface area contributed by atoms with Gasteiger partial charge >= 0.3 is 0 Å². The van der Waals surface area contributed by atoms with E-state index in [2.05, 4.69) is 16.0 Å². The zero-order valence-electron chi connectivity index (χ0n) is 10.9. The molecule has 4 nitrogen and oxygen atoms in total. The van der Waals surface area contributed by atoms with Crippen LogP contribution < -0.4 is 10.6 Å². The van der Waals surface area contributed by atoms with Gasteiger partial charge in [-0.05, 0) is 43.0 Å². The second kappa shape index (κ2) is 5.05. The van der Waals surface area contributed by atoms with E-state index in [-0.39, 0.29) is 0 Å². The van der Waals surface area contributed by atoms with Crippen LogP contribution >= 0.6 is 0 Å². The number of rotatable bonds is 2. The Bertz CT molecular complexity index is 577. The van der Waals surface area contributed by atoms with Crippen LogP contribution in [0.5, 0.6) is 0 Å². The summed E-state index contributed by atoms with van der Waals surface area (Å²) < 4.78 is 0. The number of anilines is 2. The van der Waals surface area contributed by atoms with Gasteiger partial charge in [0.1, 0.15) is 0 Å². The quantitative estimate of drug-likeness (QED) is 0.808. The van der Waals surface area contributed by atoms with Crippen molar-refractivity contribution in [3.05, 3.63) is 30.5 Å². The summed E-state index contributed by atoms with van der Waals surface area (Å²) in [7, 11) is 0. The molecule has 0 aliphatic carbocycles. The second-order valence-corrected chi connectivity index (χ2v) is 5.22. The van der Waals surface area contributed by atoms with Gasteiger partial charge in [-0.1, -0.05) is 0 Å². The Morgan fingerprint density at radius 3 is 2.79 bits per heavy atom. The molecule has 0 saturated carbocycles. The molecule has 1 fully saturated rings. The van der Waals surface area contributed by atoms with E-state index in [1.807, 2.05) is 24.4 Å². The number of piperidine rings is 1. The fourth-order valence-corrected chi connectivity index (χ4v) is 2.78. The van der Waals surface area contributed by atoms with Crippen molar-refractivity contribution in [3.63, 3.8) is 0 Å². The highest BCUT2D eigenvalue weighted by Crippen LogP contribution is 2.29. The number of aliphatic hydroxyl groups is 1. The third kappa shape index (κ3) is 2.36. The molecule has 1 aromatic heterocycles. The number of fused-ring (bicyclic) bond motifs is 1. The van der Waals surface area contributed by atoms with Crippen LogP contribution in [0.1, 0.15) is 12.8 Å². The number of aliphatic hydroxyl groups excluding tert-OH is 1. The van der Waals surface area contributed by atoms with Crippen molar-refractivity contribution in [1.29, 1.82) is 0 Å². The van der Waals surface area contributed by atoms with Gasteiger partial charge in [0.05, 0.1) is 5.52 Å².